The molecular formula is C82H73N3Si2. The highest BCUT2D eigenvalue weighted by Crippen LogP contribution is 2.67. The lowest BCUT2D eigenvalue weighted by atomic mass is 9.70. The van der Waals surface area contributed by atoms with Gasteiger partial charge in [-0.3, -0.25) is 9.97 Å². The zero-order chi connectivity index (χ0) is 59.5. The van der Waals surface area contributed by atoms with Crippen LogP contribution in [0.4, 0.5) is 0 Å². The highest BCUT2D eigenvalue weighted by atomic mass is 28.3. The van der Waals surface area contributed by atoms with Crippen molar-refractivity contribution in [2.24, 2.45) is 0 Å². The van der Waals surface area contributed by atoms with Crippen LogP contribution in [0.1, 0.15) is 111 Å². The third-order valence-electron chi connectivity index (χ3n) is 23.6. The summed E-state index contributed by atoms with van der Waals surface area (Å²) in [6.45, 7) is 29.7. The summed E-state index contributed by atoms with van der Waals surface area (Å²) < 4.78 is 2.65. The maximum atomic E-state index is 5.79. The average molecular weight is 1160 g/mol. The van der Waals surface area contributed by atoms with Crippen molar-refractivity contribution >= 4 is 64.9 Å². The molecule has 13 aromatic rings. The number of aryl methyl sites for hydroxylation is 2. The summed E-state index contributed by atoms with van der Waals surface area (Å²) in [4.78, 5) is 11.6. The van der Waals surface area contributed by atoms with Crippen LogP contribution in [0.25, 0.3) is 105 Å². The predicted molar refractivity (Wildman–Crippen MR) is 373 cm³/mol. The lowest BCUT2D eigenvalue weighted by Crippen LogP contribution is -2.53. The first-order chi connectivity index (χ1) is 42.1. The molecule has 0 bridgehead atoms. The van der Waals surface area contributed by atoms with Gasteiger partial charge in [-0.2, -0.15) is 0 Å². The standard InChI is InChI=1S/C82H73N3Si2/c1-46(2)86(11,47(3)4)79-50(9)72-70(44-83-79)85-71-45-84-80(87(12,48(5)6)49(7)8)51(10)73(71)77-61(57-34-26-42-69-75(57)59-32-18-24-40-67(59)82(69)64-37-21-15-29-54(64)55-30-16-22-38-65(55)82)43-60(76(72)78(77)85)56-33-25-41-68-74(56)58-31-17-23-39-66(58)81(68)62-35-19-13-27-52(62)53-28-14-20-36-63(53)81/h13-49H,1-12H3. The summed E-state index contributed by atoms with van der Waals surface area (Å²) >= 11 is 0. The molecule has 9 aromatic carbocycles. The van der Waals surface area contributed by atoms with Crippen LogP contribution in [0.3, 0.4) is 0 Å². The van der Waals surface area contributed by atoms with E-state index in [2.05, 4.69) is 287 Å². The number of rotatable bonds is 8. The van der Waals surface area contributed by atoms with Gasteiger partial charge in [0.05, 0.1) is 39.8 Å². The van der Waals surface area contributed by atoms with Crippen molar-refractivity contribution in [2.75, 3.05) is 0 Å². The number of aromatic nitrogens is 3. The SMILES string of the molecule is Cc1c([Si](C)(C(C)C)C(C)C)ncc2c1c1c(-c3cccc4c3-c3ccccc3C43c4ccccc4-c4ccccc43)cc(-c3cccc4c3-c3ccccc3C43c4ccccc4-c4ccccc43)c3c4c(C)c([Si](C)(C(C)C)C(C)C)ncc4n2c13. The van der Waals surface area contributed by atoms with Gasteiger partial charge in [0, 0.05) is 32.2 Å². The summed E-state index contributed by atoms with van der Waals surface area (Å²) in [7, 11) is -4.40. The lowest BCUT2D eigenvalue weighted by Gasteiger charge is -2.36. The van der Waals surface area contributed by atoms with Crippen molar-refractivity contribution in [1.29, 1.82) is 0 Å². The van der Waals surface area contributed by atoms with Gasteiger partial charge >= 0.3 is 0 Å². The molecule has 424 valence electrons. The largest absolute Gasteiger partial charge is 0.305 e. The smallest absolute Gasteiger partial charge is 0.113 e. The molecule has 4 heterocycles. The Morgan fingerprint density at radius 3 is 0.920 bits per heavy atom. The molecule has 87 heavy (non-hydrogen) atoms. The van der Waals surface area contributed by atoms with Gasteiger partial charge in [-0.1, -0.05) is 250 Å². The first-order valence-corrected chi connectivity index (χ1v) is 37.3. The van der Waals surface area contributed by atoms with Gasteiger partial charge in [0.15, 0.2) is 0 Å². The fourth-order valence-corrected chi connectivity index (χ4v) is 26.0. The van der Waals surface area contributed by atoms with E-state index < -0.39 is 27.0 Å². The van der Waals surface area contributed by atoms with Crippen molar-refractivity contribution in [3.05, 3.63) is 256 Å². The monoisotopic (exact) mass is 1160 g/mol. The van der Waals surface area contributed by atoms with Crippen molar-refractivity contribution in [2.45, 2.75) is 115 Å². The zero-order valence-corrected chi connectivity index (χ0v) is 54.2. The summed E-state index contributed by atoms with van der Waals surface area (Å²) in [5.41, 5.74) is 33.7. The minimum atomic E-state index is -2.20. The van der Waals surface area contributed by atoms with Crippen LogP contribution >= 0.6 is 0 Å². The van der Waals surface area contributed by atoms with E-state index in [1.807, 2.05) is 0 Å². The lowest BCUT2D eigenvalue weighted by molar-refractivity contribution is 0.794. The molecule has 17 rings (SSSR count). The van der Waals surface area contributed by atoms with E-state index in [1.54, 1.807) is 0 Å². The Kier molecular flexibility index (Phi) is 11.0. The Bertz CT molecular complexity index is 4730. The third-order valence-corrected chi connectivity index (χ3v) is 36.2. The van der Waals surface area contributed by atoms with Crippen LogP contribution in [-0.4, -0.2) is 30.5 Å². The Labute approximate surface area is 514 Å². The molecule has 4 aliphatic carbocycles. The van der Waals surface area contributed by atoms with Crippen molar-refractivity contribution < 1.29 is 0 Å². The van der Waals surface area contributed by atoms with Crippen LogP contribution in [0.2, 0.25) is 35.3 Å². The summed E-state index contributed by atoms with van der Waals surface area (Å²) in [6.07, 6.45) is 4.59. The van der Waals surface area contributed by atoms with Crippen molar-refractivity contribution in [1.82, 2.24) is 14.4 Å². The molecule has 0 saturated carbocycles. The maximum absolute atomic E-state index is 5.79. The van der Waals surface area contributed by atoms with E-state index in [9.17, 15) is 0 Å². The van der Waals surface area contributed by atoms with Gasteiger partial charge in [-0.15, -0.1) is 0 Å². The quantitative estimate of drug-likeness (QED) is 0.142. The molecule has 0 unspecified atom stereocenters. The van der Waals surface area contributed by atoms with E-state index in [4.69, 9.17) is 9.97 Å². The number of benzene rings is 9. The highest BCUT2D eigenvalue weighted by Gasteiger charge is 2.54. The second-order valence-electron chi connectivity index (χ2n) is 27.8. The van der Waals surface area contributed by atoms with Crippen molar-refractivity contribution in [3.63, 3.8) is 0 Å². The van der Waals surface area contributed by atoms with E-state index in [0.717, 1.165) is 0 Å². The Morgan fingerprint density at radius 1 is 0.322 bits per heavy atom. The molecule has 0 fully saturated rings. The topological polar surface area (TPSA) is 30.2 Å². The molecule has 2 spiro atoms. The van der Waals surface area contributed by atoms with Crippen LogP contribution in [0.5, 0.6) is 0 Å². The van der Waals surface area contributed by atoms with Crippen LogP contribution in [-0.2, 0) is 10.8 Å². The second kappa shape index (κ2) is 18.1. The molecule has 0 aliphatic heterocycles. The molecule has 0 radical (unpaired) electrons. The van der Waals surface area contributed by atoms with Gasteiger partial charge < -0.3 is 4.40 Å². The normalized spacial score (nSPS) is 14.8. The maximum Gasteiger partial charge on any atom is 0.113 e. The van der Waals surface area contributed by atoms with Gasteiger partial charge in [-0.05, 0) is 164 Å². The number of nitrogens with zero attached hydrogens (tertiary/aromatic N) is 3. The van der Waals surface area contributed by atoms with Gasteiger partial charge in [0.2, 0.25) is 0 Å². The molecule has 3 nitrogen and oxygen atoms in total. The minimum Gasteiger partial charge on any atom is -0.305 e. The van der Waals surface area contributed by atoms with Gasteiger partial charge in [0.25, 0.3) is 0 Å². The molecule has 0 atom stereocenters. The Balaban J connectivity index is 1.09. The number of fused-ring (bicyclic) bond motifs is 26. The molecule has 4 aliphatic rings. The van der Waals surface area contributed by atoms with Crippen LogP contribution in [0, 0.1) is 13.8 Å². The van der Waals surface area contributed by atoms with Gasteiger partial charge in [-0.25, -0.2) is 0 Å². The molecular weight excluding hydrogens is 1080 g/mol. The molecule has 0 amide bonds. The first kappa shape index (κ1) is 52.8. The van der Waals surface area contributed by atoms with Crippen LogP contribution in [0.15, 0.2) is 200 Å². The number of pyridine rings is 2. The highest BCUT2D eigenvalue weighted by molar-refractivity contribution is 6.93. The Morgan fingerprint density at radius 2 is 0.598 bits per heavy atom. The van der Waals surface area contributed by atoms with E-state index in [-0.39, 0.29) is 0 Å². The number of hydrogen-bond acceptors (Lipinski definition) is 2. The molecule has 0 N–H and O–H groups in total. The minimum absolute atomic E-state index is 0.489. The number of hydrogen-bond donors (Lipinski definition) is 0. The third kappa shape index (κ3) is 6.18. The Hall–Kier alpha value is -8.49. The first-order valence-electron chi connectivity index (χ1n) is 32.0. The summed E-state index contributed by atoms with van der Waals surface area (Å²) in [5, 5.41) is 7.95. The molecule has 5 heteroatoms. The predicted octanol–water partition coefficient (Wildman–Crippen LogP) is 20.5. The van der Waals surface area contributed by atoms with E-state index in [1.165, 1.54) is 171 Å². The van der Waals surface area contributed by atoms with Gasteiger partial charge in [0.1, 0.15) is 16.1 Å². The summed E-state index contributed by atoms with van der Waals surface area (Å²) in [5.74, 6) is 0. The molecule has 4 aromatic heterocycles. The average Bonchev–Trinajstić information content (AvgIpc) is 1.54. The fraction of sp³-hybridized carbons (Fsp3) is 0.220. The van der Waals surface area contributed by atoms with E-state index in [0.29, 0.717) is 22.2 Å². The second-order valence-corrected chi connectivity index (χ2v) is 38.5. The molecule has 0 saturated heterocycles. The van der Waals surface area contributed by atoms with Crippen molar-refractivity contribution in [3.8, 4) is 66.8 Å². The van der Waals surface area contributed by atoms with Crippen LogP contribution < -0.4 is 10.6 Å². The van der Waals surface area contributed by atoms with E-state index >= 15 is 0 Å². The fourth-order valence-electron chi connectivity index (χ4n) is 18.6. The zero-order valence-electron chi connectivity index (χ0n) is 52.2. The summed E-state index contributed by atoms with van der Waals surface area (Å²) in [6, 6.07) is 73.1.